The van der Waals surface area contributed by atoms with E-state index in [1.165, 1.54) is 23.9 Å². The minimum absolute atomic E-state index is 0.0649. The summed E-state index contributed by atoms with van der Waals surface area (Å²) in [5.74, 6) is 0.146. The fourth-order valence-electron chi connectivity index (χ4n) is 1.54. The van der Waals surface area contributed by atoms with Crippen LogP contribution in [0, 0.1) is 0 Å². The van der Waals surface area contributed by atoms with Gasteiger partial charge in [0.1, 0.15) is 0 Å². The molecule has 0 saturated carbocycles. The normalized spacial score (nSPS) is 11.6. The molecule has 0 unspecified atom stereocenters. The van der Waals surface area contributed by atoms with E-state index < -0.39 is 11.7 Å². The first kappa shape index (κ1) is 12.3. The van der Waals surface area contributed by atoms with Crippen LogP contribution in [-0.2, 0) is 13.2 Å². The van der Waals surface area contributed by atoms with E-state index in [-0.39, 0.29) is 17.2 Å². The van der Waals surface area contributed by atoms with Crippen molar-refractivity contribution in [2.75, 3.05) is 0 Å². The van der Waals surface area contributed by atoms with Gasteiger partial charge in [-0.3, -0.25) is 4.79 Å². The zero-order chi connectivity index (χ0) is 13.3. The summed E-state index contributed by atoms with van der Waals surface area (Å²) < 4.78 is 38.9. The number of carbonyl (C=O) groups is 1. The highest BCUT2D eigenvalue weighted by Crippen LogP contribution is 2.31. The highest BCUT2D eigenvalue weighted by Gasteiger charge is 2.30. The Hall–Kier alpha value is -2.18. The van der Waals surface area contributed by atoms with Crippen molar-refractivity contribution in [3.8, 4) is 11.4 Å². The summed E-state index contributed by atoms with van der Waals surface area (Å²) in [4.78, 5) is 14.3. The molecule has 0 fully saturated rings. The number of benzene rings is 1. The first-order valence-corrected chi connectivity index (χ1v) is 4.95. The SMILES string of the molecule is Cn1nc(C=O)nc1-c1cccc(C(F)(F)F)c1. The molecule has 1 aromatic heterocycles. The molecule has 0 spiro atoms. The monoisotopic (exact) mass is 255 g/mol. The molecule has 94 valence electrons. The molecule has 0 aliphatic heterocycles. The van der Waals surface area contributed by atoms with Gasteiger partial charge in [0.25, 0.3) is 0 Å². The van der Waals surface area contributed by atoms with Gasteiger partial charge in [-0.05, 0) is 12.1 Å². The first-order chi connectivity index (χ1) is 8.41. The quantitative estimate of drug-likeness (QED) is 0.774. The molecule has 0 saturated heterocycles. The lowest BCUT2D eigenvalue weighted by Gasteiger charge is -2.07. The third-order valence-corrected chi connectivity index (χ3v) is 2.33. The largest absolute Gasteiger partial charge is 0.416 e. The molecule has 0 bridgehead atoms. The minimum Gasteiger partial charge on any atom is -0.294 e. The number of carbonyl (C=O) groups excluding carboxylic acids is 1. The van der Waals surface area contributed by atoms with Gasteiger partial charge in [0.05, 0.1) is 5.56 Å². The Morgan fingerprint density at radius 3 is 2.61 bits per heavy atom. The molecule has 18 heavy (non-hydrogen) atoms. The van der Waals surface area contributed by atoms with Crippen LogP contribution in [0.15, 0.2) is 24.3 Å². The van der Waals surface area contributed by atoms with Crippen LogP contribution >= 0.6 is 0 Å². The topological polar surface area (TPSA) is 47.8 Å². The smallest absolute Gasteiger partial charge is 0.294 e. The molecule has 7 heteroatoms. The number of nitrogens with zero attached hydrogens (tertiary/aromatic N) is 3. The lowest BCUT2D eigenvalue weighted by molar-refractivity contribution is -0.137. The highest BCUT2D eigenvalue weighted by atomic mass is 19.4. The summed E-state index contributed by atoms with van der Waals surface area (Å²) in [5, 5.41) is 3.75. The average molecular weight is 255 g/mol. The molecule has 0 amide bonds. The maximum atomic E-state index is 12.6. The van der Waals surface area contributed by atoms with E-state index in [1.54, 1.807) is 0 Å². The third kappa shape index (κ3) is 2.24. The number of aromatic nitrogens is 3. The summed E-state index contributed by atoms with van der Waals surface area (Å²) in [6.45, 7) is 0. The van der Waals surface area contributed by atoms with Crippen molar-refractivity contribution in [1.29, 1.82) is 0 Å². The molecule has 0 aliphatic carbocycles. The summed E-state index contributed by atoms with van der Waals surface area (Å²) in [5.41, 5.74) is -0.511. The molecule has 1 heterocycles. The van der Waals surface area contributed by atoms with Gasteiger partial charge in [0, 0.05) is 12.6 Å². The number of alkyl halides is 3. The van der Waals surface area contributed by atoms with E-state index in [1.807, 2.05) is 0 Å². The molecule has 0 aliphatic rings. The third-order valence-electron chi connectivity index (χ3n) is 2.33. The molecule has 0 radical (unpaired) electrons. The average Bonchev–Trinajstić information content (AvgIpc) is 2.70. The number of rotatable bonds is 2. The predicted molar refractivity (Wildman–Crippen MR) is 56.8 cm³/mol. The molecule has 2 rings (SSSR count). The van der Waals surface area contributed by atoms with Gasteiger partial charge >= 0.3 is 6.18 Å². The van der Waals surface area contributed by atoms with Crippen molar-refractivity contribution < 1.29 is 18.0 Å². The number of halogens is 3. The van der Waals surface area contributed by atoms with E-state index in [9.17, 15) is 18.0 Å². The molecule has 2 aromatic rings. The number of hydrogen-bond acceptors (Lipinski definition) is 3. The zero-order valence-corrected chi connectivity index (χ0v) is 9.27. The standard InChI is InChI=1S/C11H8F3N3O/c1-17-10(15-9(6-18)16-17)7-3-2-4-8(5-7)11(12,13)14/h2-6H,1H3. The van der Waals surface area contributed by atoms with Crippen LogP contribution < -0.4 is 0 Å². The van der Waals surface area contributed by atoms with E-state index in [2.05, 4.69) is 10.1 Å². The Balaban J connectivity index is 2.51. The van der Waals surface area contributed by atoms with Gasteiger partial charge in [-0.15, -0.1) is 5.10 Å². The molecule has 1 aromatic carbocycles. The fourth-order valence-corrected chi connectivity index (χ4v) is 1.54. The number of aryl methyl sites for hydroxylation is 1. The lowest BCUT2D eigenvalue weighted by Crippen LogP contribution is -2.05. The van der Waals surface area contributed by atoms with Crippen molar-refractivity contribution in [2.45, 2.75) is 6.18 Å². The van der Waals surface area contributed by atoms with Crippen molar-refractivity contribution in [3.05, 3.63) is 35.7 Å². The van der Waals surface area contributed by atoms with Crippen molar-refractivity contribution in [3.63, 3.8) is 0 Å². The van der Waals surface area contributed by atoms with Gasteiger partial charge in [0.15, 0.2) is 12.1 Å². The molecule has 0 atom stereocenters. The predicted octanol–water partition coefficient (Wildman–Crippen LogP) is 2.31. The van der Waals surface area contributed by atoms with Crippen molar-refractivity contribution in [2.24, 2.45) is 7.05 Å². The molecule has 4 nitrogen and oxygen atoms in total. The fraction of sp³-hybridized carbons (Fsp3) is 0.182. The van der Waals surface area contributed by atoms with Crippen LogP contribution in [0.1, 0.15) is 16.2 Å². The van der Waals surface area contributed by atoms with Gasteiger partial charge in [0.2, 0.25) is 5.82 Å². The maximum Gasteiger partial charge on any atom is 0.416 e. The Labute approximate surface area is 100 Å². The van der Waals surface area contributed by atoms with Crippen LogP contribution in [0.5, 0.6) is 0 Å². The second-order valence-electron chi connectivity index (χ2n) is 3.61. The second-order valence-corrected chi connectivity index (χ2v) is 3.61. The van der Waals surface area contributed by atoms with E-state index in [0.717, 1.165) is 12.1 Å². The van der Waals surface area contributed by atoms with Gasteiger partial charge in [-0.1, -0.05) is 12.1 Å². The van der Waals surface area contributed by atoms with E-state index in [0.29, 0.717) is 6.29 Å². The Morgan fingerprint density at radius 2 is 2.06 bits per heavy atom. The second kappa shape index (κ2) is 4.25. The van der Waals surface area contributed by atoms with Crippen LogP contribution in [0.2, 0.25) is 0 Å². The molecular formula is C11H8F3N3O. The van der Waals surface area contributed by atoms with Crippen LogP contribution in [-0.4, -0.2) is 21.1 Å². The summed E-state index contributed by atoms with van der Waals surface area (Å²) in [7, 11) is 1.51. The van der Waals surface area contributed by atoms with Crippen molar-refractivity contribution in [1.82, 2.24) is 14.8 Å². The van der Waals surface area contributed by atoms with Crippen LogP contribution in [0.25, 0.3) is 11.4 Å². The Morgan fingerprint density at radius 1 is 1.33 bits per heavy atom. The first-order valence-electron chi connectivity index (χ1n) is 4.95. The number of hydrogen-bond donors (Lipinski definition) is 0. The van der Waals surface area contributed by atoms with Crippen LogP contribution in [0.4, 0.5) is 13.2 Å². The van der Waals surface area contributed by atoms with Crippen LogP contribution in [0.3, 0.4) is 0 Å². The summed E-state index contributed by atoms with van der Waals surface area (Å²) >= 11 is 0. The highest BCUT2D eigenvalue weighted by molar-refractivity contribution is 5.70. The van der Waals surface area contributed by atoms with E-state index >= 15 is 0 Å². The van der Waals surface area contributed by atoms with Gasteiger partial charge in [-0.25, -0.2) is 9.67 Å². The summed E-state index contributed by atoms with van der Waals surface area (Å²) in [6.07, 6.45) is -3.97. The molecular weight excluding hydrogens is 247 g/mol. The molecule has 0 N–H and O–H groups in total. The number of aldehydes is 1. The van der Waals surface area contributed by atoms with Gasteiger partial charge < -0.3 is 0 Å². The Bertz CT molecular complexity index is 589. The maximum absolute atomic E-state index is 12.6. The lowest BCUT2D eigenvalue weighted by atomic mass is 10.1. The Kier molecular flexibility index (Phi) is 2.90. The van der Waals surface area contributed by atoms with E-state index in [4.69, 9.17) is 0 Å². The summed E-state index contributed by atoms with van der Waals surface area (Å²) in [6, 6.07) is 4.71. The zero-order valence-electron chi connectivity index (χ0n) is 9.27. The minimum atomic E-state index is -4.41. The van der Waals surface area contributed by atoms with Crippen molar-refractivity contribution >= 4 is 6.29 Å². The van der Waals surface area contributed by atoms with Gasteiger partial charge in [-0.2, -0.15) is 13.2 Å².